The number of piperazine rings is 1. The highest BCUT2D eigenvalue weighted by atomic mass is 16.5. The fraction of sp³-hybridized carbons (Fsp3) is 0.444. The Morgan fingerprint density at radius 2 is 1.85 bits per heavy atom. The minimum Gasteiger partial charge on any atom is -0.381 e. The van der Waals surface area contributed by atoms with Gasteiger partial charge in [-0.25, -0.2) is 15.0 Å². The molecule has 1 atom stereocenters. The van der Waals surface area contributed by atoms with Crippen LogP contribution in [0.4, 0.5) is 17.5 Å². The molecule has 2 saturated heterocycles. The molecule has 0 aromatic carbocycles. The molecule has 4 heterocycles. The number of carbonyl (C=O) groups is 1. The molecule has 2 aliphatic heterocycles. The quantitative estimate of drug-likeness (QED) is 0.882. The summed E-state index contributed by atoms with van der Waals surface area (Å²) >= 11 is 0. The zero-order valence-corrected chi connectivity index (χ0v) is 14.5. The average molecular weight is 354 g/mol. The highest BCUT2D eigenvalue weighted by molar-refractivity contribution is 5.92. The molecule has 8 heteroatoms. The van der Waals surface area contributed by atoms with Crippen LogP contribution >= 0.6 is 0 Å². The molecule has 2 aromatic rings. The molecular weight excluding hydrogens is 332 g/mol. The van der Waals surface area contributed by atoms with E-state index in [9.17, 15) is 4.79 Å². The molecule has 2 aliphatic rings. The van der Waals surface area contributed by atoms with E-state index in [1.165, 1.54) is 0 Å². The molecular formula is C18H22N6O2. The third-order valence-electron chi connectivity index (χ3n) is 4.74. The molecule has 8 nitrogen and oxygen atoms in total. The van der Waals surface area contributed by atoms with E-state index in [2.05, 4.69) is 30.1 Å². The molecule has 0 radical (unpaired) electrons. The van der Waals surface area contributed by atoms with E-state index < -0.39 is 0 Å². The molecule has 1 amide bonds. The van der Waals surface area contributed by atoms with Crippen LogP contribution in [0.25, 0.3) is 0 Å². The molecule has 0 aliphatic carbocycles. The van der Waals surface area contributed by atoms with Gasteiger partial charge in [0, 0.05) is 39.0 Å². The van der Waals surface area contributed by atoms with Crippen molar-refractivity contribution in [3.8, 4) is 0 Å². The van der Waals surface area contributed by atoms with E-state index >= 15 is 0 Å². The zero-order chi connectivity index (χ0) is 17.8. The average Bonchev–Trinajstić information content (AvgIpc) is 3.25. The topological polar surface area (TPSA) is 83.5 Å². The molecule has 2 aromatic heterocycles. The smallest absolute Gasteiger partial charge is 0.229 e. The normalized spacial score (nSPS) is 20.2. The second kappa shape index (κ2) is 7.65. The van der Waals surface area contributed by atoms with Crippen LogP contribution in [-0.2, 0) is 9.53 Å². The Balaban J connectivity index is 1.32. The number of hydrogen-bond acceptors (Lipinski definition) is 7. The number of aromatic nitrogens is 3. The minimum atomic E-state index is -0.0747. The highest BCUT2D eigenvalue weighted by Crippen LogP contribution is 2.18. The maximum absolute atomic E-state index is 12.1. The molecule has 0 saturated carbocycles. The van der Waals surface area contributed by atoms with Gasteiger partial charge in [0.25, 0.3) is 0 Å². The SMILES string of the molecule is O=C(Nc1cnc(N2CCN(c3ccccn3)CC2)nc1)C1CCOC1. The first-order valence-corrected chi connectivity index (χ1v) is 8.91. The lowest BCUT2D eigenvalue weighted by Crippen LogP contribution is -2.47. The first-order chi connectivity index (χ1) is 12.8. The van der Waals surface area contributed by atoms with Gasteiger partial charge in [-0.2, -0.15) is 0 Å². The van der Waals surface area contributed by atoms with Crippen LogP contribution in [0.3, 0.4) is 0 Å². The van der Waals surface area contributed by atoms with Crippen molar-refractivity contribution in [2.45, 2.75) is 6.42 Å². The van der Waals surface area contributed by atoms with Gasteiger partial charge >= 0.3 is 0 Å². The Hall–Kier alpha value is -2.74. The van der Waals surface area contributed by atoms with Crippen molar-refractivity contribution in [1.82, 2.24) is 15.0 Å². The summed E-state index contributed by atoms with van der Waals surface area (Å²) in [6.07, 6.45) is 5.92. The summed E-state index contributed by atoms with van der Waals surface area (Å²) in [5, 5.41) is 2.86. The Labute approximate surface area is 152 Å². The lowest BCUT2D eigenvalue weighted by molar-refractivity contribution is -0.119. The second-order valence-electron chi connectivity index (χ2n) is 6.48. The van der Waals surface area contributed by atoms with Crippen LogP contribution in [0, 0.1) is 5.92 Å². The first-order valence-electron chi connectivity index (χ1n) is 8.91. The number of carbonyl (C=O) groups excluding carboxylic acids is 1. The van der Waals surface area contributed by atoms with Crippen molar-refractivity contribution in [3.63, 3.8) is 0 Å². The van der Waals surface area contributed by atoms with Gasteiger partial charge < -0.3 is 19.9 Å². The van der Waals surface area contributed by atoms with Crippen LogP contribution in [0.15, 0.2) is 36.8 Å². The minimum absolute atomic E-state index is 0.0252. The largest absolute Gasteiger partial charge is 0.381 e. The van der Waals surface area contributed by atoms with E-state index in [-0.39, 0.29) is 11.8 Å². The molecule has 136 valence electrons. The van der Waals surface area contributed by atoms with Crippen LogP contribution in [0.2, 0.25) is 0 Å². The maximum atomic E-state index is 12.1. The van der Waals surface area contributed by atoms with Crippen molar-refractivity contribution in [2.24, 2.45) is 5.92 Å². The Bertz CT molecular complexity index is 725. The van der Waals surface area contributed by atoms with Crippen molar-refractivity contribution >= 4 is 23.4 Å². The number of hydrogen-bond donors (Lipinski definition) is 1. The summed E-state index contributed by atoms with van der Waals surface area (Å²) in [5.74, 6) is 1.59. The van der Waals surface area contributed by atoms with E-state index in [0.29, 0.717) is 24.8 Å². The molecule has 1 unspecified atom stereocenters. The predicted molar refractivity (Wildman–Crippen MR) is 98.3 cm³/mol. The van der Waals surface area contributed by atoms with Crippen molar-refractivity contribution in [1.29, 1.82) is 0 Å². The zero-order valence-electron chi connectivity index (χ0n) is 14.5. The van der Waals surface area contributed by atoms with Crippen molar-refractivity contribution < 1.29 is 9.53 Å². The van der Waals surface area contributed by atoms with Crippen molar-refractivity contribution in [2.75, 3.05) is 54.5 Å². The molecule has 0 bridgehead atoms. The van der Waals surface area contributed by atoms with Crippen molar-refractivity contribution in [3.05, 3.63) is 36.8 Å². The van der Waals surface area contributed by atoms with Crippen LogP contribution in [0.5, 0.6) is 0 Å². The second-order valence-corrected chi connectivity index (χ2v) is 6.48. The van der Waals surface area contributed by atoms with E-state index in [1.54, 1.807) is 12.4 Å². The van der Waals surface area contributed by atoms with Gasteiger partial charge in [-0.15, -0.1) is 0 Å². The molecule has 0 spiro atoms. The number of pyridine rings is 1. The number of ether oxygens (including phenoxy) is 1. The fourth-order valence-corrected chi connectivity index (χ4v) is 3.21. The predicted octanol–water partition coefficient (Wildman–Crippen LogP) is 1.17. The van der Waals surface area contributed by atoms with Gasteiger partial charge in [0.2, 0.25) is 11.9 Å². The summed E-state index contributed by atoms with van der Waals surface area (Å²) in [4.78, 5) is 29.7. The lowest BCUT2D eigenvalue weighted by atomic mass is 10.1. The third kappa shape index (κ3) is 3.75. The summed E-state index contributed by atoms with van der Waals surface area (Å²) in [6.45, 7) is 4.56. The molecule has 2 fully saturated rings. The van der Waals surface area contributed by atoms with Gasteiger partial charge in [0.15, 0.2) is 0 Å². The fourth-order valence-electron chi connectivity index (χ4n) is 3.21. The Morgan fingerprint density at radius 3 is 2.50 bits per heavy atom. The number of anilines is 3. The monoisotopic (exact) mass is 354 g/mol. The number of nitrogens with one attached hydrogen (secondary N) is 1. The van der Waals surface area contributed by atoms with E-state index in [0.717, 1.165) is 38.4 Å². The Kier molecular flexibility index (Phi) is 4.92. The van der Waals surface area contributed by atoms with Gasteiger partial charge in [0.05, 0.1) is 30.6 Å². The van der Waals surface area contributed by atoms with Crippen LogP contribution in [0.1, 0.15) is 6.42 Å². The highest BCUT2D eigenvalue weighted by Gasteiger charge is 2.24. The standard InChI is InChI=1S/C18H22N6O2/c25-17(14-4-10-26-13-14)22-15-11-20-18(21-12-15)24-8-6-23(7-9-24)16-3-1-2-5-19-16/h1-3,5,11-12,14H,4,6-10,13H2,(H,22,25). The Morgan fingerprint density at radius 1 is 1.08 bits per heavy atom. The van der Waals surface area contributed by atoms with E-state index in [1.807, 2.05) is 24.4 Å². The molecule has 1 N–H and O–H groups in total. The number of amides is 1. The van der Waals surface area contributed by atoms with Gasteiger partial charge in [-0.1, -0.05) is 6.07 Å². The first kappa shape index (κ1) is 16.7. The summed E-state index contributed by atoms with van der Waals surface area (Å²) < 4.78 is 5.25. The lowest BCUT2D eigenvalue weighted by Gasteiger charge is -2.35. The third-order valence-corrected chi connectivity index (χ3v) is 4.74. The summed E-state index contributed by atoms with van der Waals surface area (Å²) in [5.41, 5.74) is 0.623. The van der Waals surface area contributed by atoms with Gasteiger partial charge in [0.1, 0.15) is 5.82 Å². The maximum Gasteiger partial charge on any atom is 0.229 e. The van der Waals surface area contributed by atoms with Crippen LogP contribution < -0.4 is 15.1 Å². The van der Waals surface area contributed by atoms with Gasteiger partial charge in [-0.3, -0.25) is 4.79 Å². The number of nitrogens with zero attached hydrogens (tertiary/aromatic N) is 5. The molecule has 26 heavy (non-hydrogen) atoms. The van der Waals surface area contributed by atoms with E-state index in [4.69, 9.17) is 4.74 Å². The molecule has 4 rings (SSSR count). The number of rotatable bonds is 4. The van der Waals surface area contributed by atoms with Gasteiger partial charge in [-0.05, 0) is 18.6 Å². The van der Waals surface area contributed by atoms with Crippen LogP contribution in [-0.4, -0.2) is 60.3 Å². The summed E-state index contributed by atoms with van der Waals surface area (Å²) in [6, 6.07) is 5.95. The summed E-state index contributed by atoms with van der Waals surface area (Å²) in [7, 11) is 0.